The van der Waals surface area contributed by atoms with Gasteiger partial charge < -0.3 is 10.6 Å². The number of nitrogens with zero attached hydrogens (tertiary/aromatic N) is 2. The van der Waals surface area contributed by atoms with Crippen molar-refractivity contribution >= 4 is 11.6 Å². The summed E-state index contributed by atoms with van der Waals surface area (Å²) in [6, 6.07) is 8.38. The number of rotatable bonds is 5. The lowest BCUT2D eigenvalue weighted by Gasteiger charge is -2.39. The molecule has 2 N–H and O–H groups in total. The summed E-state index contributed by atoms with van der Waals surface area (Å²) in [5.74, 6) is 0. The second-order valence-corrected chi connectivity index (χ2v) is 5.62. The van der Waals surface area contributed by atoms with Gasteiger partial charge in [0.1, 0.15) is 0 Å². The number of hydrogen-bond donors (Lipinski definition) is 1. The molecule has 1 aromatic carbocycles. The maximum Gasteiger partial charge on any atom is 0.0472 e. The highest BCUT2D eigenvalue weighted by atomic mass is 35.5. The van der Waals surface area contributed by atoms with E-state index in [1.165, 1.54) is 18.5 Å². The summed E-state index contributed by atoms with van der Waals surface area (Å²) in [4.78, 5) is 5.01. The summed E-state index contributed by atoms with van der Waals surface area (Å²) < 4.78 is 0. The lowest BCUT2D eigenvalue weighted by atomic mass is 10.0. The molecule has 0 amide bonds. The summed E-state index contributed by atoms with van der Waals surface area (Å²) in [5.41, 5.74) is 7.22. The molecule has 19 heavy (non-hydrogen) atoms. The quantitative estimate of drug-likeness (QED) is 0.899. The minimum atomic E-state index is 0.294. The van der Waals surface area contributed by atoms with Crippen LogP contribution in [0.1, 0.15) is 24.9 Å². The van der Waals surface area contributed by atoms with E-state index in [0.29, 0.717) is 12.6 Å². The average molecular weight is 282 g/mol. The summed E-state index contributed by atoms with van der Waals surface area (Å²) in [5, 5.41) is 0.792. The topological polar surface area (TPSA) is 32.5 Å². The molecule has 0 spiro atoms. The van der Waals surface area contributed by atoms with E-state index in [4.69, 9.17) is 17.3 Å². The molecule has 1 unspecified atom stereocenters. The van der Waals surface area contributed by atoms with E-state index >= 15 is 0 Å². The van der Waals surface area contributed by atoms with Gasteiger partial charge in [-0.2, -0.15) is 0 Å². The molecule has 1 saturated heterocycles. The monoisotopic (exact) mass is 281 g/mol. The fourth-order valence-electron chi connectivity index (χ4n) is 2.82. The highest BCUT2D eigenvalue weighted by Gasteiger charge is 2.23. The van der Waals surface area contributed by atoms with Crippen LogP contribution in [0.5, 0.6) is 0 Å². The molecule has 0 bridgehead atoms. The van der Waals surface area contributed by atoms with Gasteiger partial charge in [-0.25, -0.2) is 0 Å². The molecule has 1 atom stereocenters. The third-order valence-electron chi connectivity index (χ3n) is 3.84. The largest absolute Gasteiger partial charge is 0.329 e. The first kappa shape index (κ1) is 14.8. The number of benzene rings is 1. The van der Waals surface area contributed by atoms with Crippen LogP contribution in [-0.4, -0.2) is 49.1 Å². The predicted molar refractivity (Wildman–Crippen MR) is 81.6 cm³/mol. The maximum absolute atomic E-state index is 6.08. The fraction of sp³-hybridized carbons (Fsp3) is 0.600. The van der Waals surface area contributed by atoms with Crippen molar-refractivity contribution in [3.8, 4) is 0 Å². The summed E-state index contributed by atoms with van der Waals surface area (Å²) >= 11 is 6.08. The maximum atomic E-state index is 6.08. The molecule has 0 saturated carbocycles. The van der Waals surface area contributed by atoms with Crippen LogP contribution < -0.4 is 5.73 Å². The number of nitrogens with two attached hydrogens (primary N) is 1. The van der Waals surface area contributed by atoms with Gasteiger partial charge in [0.25, 0.3) is 0 Å². The first-order chi connectivity index (χ1) is 9.24. The minimum absolute atomic E-state index is 0.294. The van der Waals surface area contributed by atoms with E-state index in [-0.39, 0.29) is 0 Å². The Morgan fingerprint density at radius 2 is 2.00 bits per heavy atom. The van der Waals surface area contributed by atoms with Crippen molar-refractivity contribution in [2.75, 3.05) is 39.3 Å². The van der Waals surface area contributed by atoms with Crippen LogP contribution in [-0.2, 0) is 0 Å². The van der Waals surface area contributed by atoms with Gasteiger partial charge in [-0.05, 0) is 30.7 Å². The SMILES string of the molecule is CCCN1CCN(C(CN)c2cccc(Cl)c2)CC1. The molecule has 1 aliphatic heterocycles. The predicted octanol–water partition coefficient (Wildman–Crippen LogP) is 2.37. The lowest BCUT2D eigenvalue weighted by molar-refractivity contribution is 0.0985. The second kappa shape index (κ2) is 7.25. The fourth-order valence-corrected chi connectivity index (χ4v) is 3.02. The smallest absolute Gasteiger partial charge is 0.0472 e. The zero-order valence-corrected chi connectivity index (χ0v) is 12.4. The van der Waals surface area contributed by atoms with Gasteiger partial charge >= 0.3 is 0 Å². The highest BCUT2D eigenvalue weighted by Crippen LogP contribution is 2.23. The zero-order valence-electron chi connectivity index (χ0n) is 11.7. The third-order valence-corrected chi connectivity index (χ3v) is 4.08. The first-order valence-corrected chi connectivity index (χ1v) is 7.54. The Morgan fingerprint density at radius 1 is 1.26 bits per heavy atom. The van der Waals surface area contributed by atoms with E-state index in [2.05, 4.69) is 22.8 Å². The van der Waals surface area contributed by atoms with Crippen LogP contribution >= 0.6 is 11.6 Å². The molecular formula is C15H24ClN3. The van der Waals surface area contributed by atoms with Gasteiger partial charge in [0.2, 0.25) is 0 Å². The highest BCUT2D eigenvalue weighted by molar-refractivity contribution is 6.30. The van der Waals surface area contributed by atoms with Crippen molar-refractivity contribution in [3.05, 3.63) is 34.9 Å². The van der Waals surface area contributed by atoms with E-state index in [0.717, 1.165) is 31.2 Å². The van der Waals surface area contributed by atoms with E-state index in [1.807, 2.05) is 18.2 Å². The molecule has 1 aliphatic rings. The number of hydrogen-bond acceptors (Lipinski definition) is 3. The lowest BCUT2D eigenvalue weighted by Crippen LogP contribution is -2.49. The third kappa shape index (κ3) is 3.93. The average Bonchev–Trinajstić information content (AvgIpc) is 2.42. The Balaban J connectivity index is 1.99. The molecule has 3 nitrogen and oxygen atoms in total. The molecule has 2 rings (SSSR count). The molecule has 0 aromatic heterocycles. The van der Waals surface area contributed by atoms with Crippen LogP contribution in [0, 0.1) is 0 Å². The zero-order chi connectivity index (χ0) is 13.7. The standard InChI is InChI=1S/C15H24ClN3/c1-2-6-18-7-9-19(10-8-18)15(12-17)13-4-3-5-14(16)11-13/h3-5,11,15H,2,6-10,12,17H2,1H3. The second-order valence-electron chi connectivity index (χ2n) is 5.18. The van der Waals surface area contributed by atoms with Gasteiger partial charge in [-0.15, -0.1) is 0 Å². The Bertz CT molecular complexity index is 389. The van der Waals surface area contributed by atoms with Gasteiger partial charge in [-0.3, -0.25) is 4.90 Å². The molecule has 1 fully saturated rings. The van der Waals surface area contributed by atoms with E-state index in [1.54, 1.807) is 0 Å². The molecule has 1 heterocycles. The Hall–Kier alpha value is -0.610. The van der Waals surface area contributed by atoms with Gasteiger partial charge in [0, 0.05) is 43.8 Å². The van der Waals surface area contributed by atoms with Crippen molar-refractivity contribution in [1.82, 2.24) is 9.80 Å². The molecule has 1 aromatic rings. The van der Waals surface area contributed by atoms with Crippen molar-refractivity contribution in [2.45, 2.75) is 19.4 Å². The number of halogens is 1. The van der Waals surface area contributed by atoms with E-state index < -0.39 is 0 Å². The van der Waals surface area contributed by atoms with Gasteiger partial charge in [0.05, 0.1) is 0 Å². The summed E-state index contributed by atoms with van der Waals surface area (Å²) in [7, 11) is 0. The molecular weight excluding hydrogens is 258 g/mol. The van der Waals surface area contributed by atoms with Gasteiger partial charge in [0.15, 0.2) is 0 Å². The Labute approximate surface area is 121 Å². The summed E-state index contributed by atoms with van der Waals surface area (Å²) in [6.45, 7) is 8.56. The van der Waals surface area contributed by atoms with E-state index in [9.17, 15) is 0 Å². The van der Waals surface area contributed by atoms with Gasteiger partial charge in [-0.1, -0.05) is 30.7 Å². The van der Waals surface area contributed by atoms with Crippen LogP contribution in [0.4, 0.5) is 0 Å². The van der Waals surface area contributed by atoms with Crippen molar-refractivity contribution < 1.29 is 0 Å². The molecule has 106 valence electrons. The summed E-state index contributed by atoms with van der Waals surface area (Å²) in [6.07, 6.45) is 1.23. The Morgan fingerprint density at radius 3 is 2.58 bits per heavy atom. The minimum Gasteiger partial charge on any atom is -0.329 e. The van der Waals surface area contributed by atoms with Crippen molar-refractivity contribution in [2.24, 2.45) is 5.73 Å². The molecule has 0 aliphatic carbocycles. The molecule has 4 heteroatoms. The van der Waals surface area contributed by atoms with Crippen molar-refractivity contribution in [1.29, 1.82) is 0 Å². The first-order valence-electron chi connectivity index (χ1n) is 7.16. The van der Waals surface area contributed by atoms with Crippen LogP contribution in [0.2, 0.25) is 5.02 Å². The van der Waals surface area contributed by atoms with Crippen LogP contribution in [0.15, 0.2) is 24.3 Å². The molecule has 0 radical (unpaired) electrons. The van der Waals surface area contributed by atoms with Crippen LogP contribution in [0.25, 0.3) is 0 Å². The Kier molecular flexibility index (Phi) is 5.64. The van der Waals surface area contributed by atoms with Crippen LogP contribution in [0.3, 0.4) is 0 Å². The normalized spacial score (nSPS) is 19.5. The number of piperazine rings is 1. The van der Waals surface area contributed by atoms with Crippen molar-refractivity contribution in [3.63, 3.8) is 0 Å².